The molecule has 1 unspecified atom stereocenters. The van der Waals surface area contributed by atoms with E-state index in [1.54, 1.807) is 0 Å². The lowest BCUT2D eigenvalue weighted by Crippen LogP contribution is -2.09. The second-order valence-electron chi connectivity index (χ2n) is 4.51. The maximum atomic E-state index is 10.2. The highest BCUT2D eigenvalue weighted by Gasteiger charge is 2.25. The van der Waals surface area contributed by atoms with Crippen molar-refractivity contribution in [2.75, 3.05) is 0 Å². The molecule has 2 rings (SSSR count). The van der Waals surface area contributed by atoms with E-state index in [4.69, 9.17) is 11.6 Å². The van der Waals surface area contributed by atoms with Crippen molar-refractivity contribution in [3.63, 3.8) is 0 Å². The molecule has 0 aliphatic heterocycles. The summed E-state index contributed by atoms with van der Waals surface area (Å²) in [6, 6.07) is 5.90. The molecule has 0 saturated heterocycles. The average molecular weight is 225 g/mol. The van der Waals surface area contributed by atoms with Crippen LogP contribution in [0.15, 0.2) is 18.2 Å². The smallest absolute Gasteiger partial charge is 0.0832 e. The molecule has 1 saturated carbocycles. The highest BCUT2D eigenvalue weighted by molar-refractivity contribution is 6.31. The number of aliphatic hydroxyl groups excluding tert-OH is 1. The van der Waals surface area contributed by atoms with Gasteiger partial charge in [0, 0.05) is 5.02 Å². The fourth-order valence-electron chi connectivity index (χ4n) is 2.40. The summed E-state index contributed by atoms with van der Waals surface area (Å²) in [6.07, 6.45) is 4.37. The number of aliphatic hydroxyl groups is 1. The first kappa shape index (κ1) is 11.0. The summed E-state index contributed by atoms with van der Waals surface area (Å²) in [7, 11) is 0. The van der Waals surface area contributed by atoms with Crippen LogP contribution in [0, 0.1) is 12.8 Å². The lowest BCUT2D eigenvalue weighted by Gasteiger charge is -2.19. The van der Waals surface area contributed by atoms with E-state index in [1.807, 2.05) is 25.1 Å². The first-order valence-electron chi connectivity index (χ1n) is 5.62. The maximum absolute atomic E-state index is 10.2. The van der Waals surface area contributed by atoms with Crippen molar-refractivity contribution in [1.29, 1.82) is 0 Å². The van der Waals surface area contributed by atoms with E-state index in [0.717, 1.165) is 24.0 Å². The molecule has 1 atom stereocenters. The Labute approximate surface area is 96.1 Å². The summed E-state index contributed by atoms with van der Waals surface area (Å²) >= 11 is 6.14. The third-order valence-corrected chi connectivity index (χ3v) is 3.65. The van der Waals surface area contributed by atoms with Gasteiger partial charge in [-0.2, -0.15) is 0 Å². The number of rotatable bonds is 2. The molecular weight excluding hydrogens is 208 g/mol. The van der Waals surface area contributed by atoms with Gasteiger partial charge in [0.25, 0.3) is 0 Å². The predicted molar refractivity (Wildman–Crippen MR) is 63.1 cm³/mol. The monoisotopic (exact) mass is 224 g/mol. The van der Waals surface area contributed by atoms with E-state index in [1.165, 1.54) is 12.8 Å². The van der Waals surface area contributed by atoms with E-state index in [-0.39, 0.29) is 6.10 Å². The molecule has 1 fully saturated rings. The highest BCUT2D eigenvalue weighted by Crippen LogP contribution is 2.38. The Morgan fingerprint density at radius 3 is 2.60 bits per heavy atom. The second kappa shape index (κ2) is 4.54. The summed E-state index contributed by atoms with van der Waals surface area (Å²) in [5.41, 5.74) is 2.04. The van der Waals surface area contributed by atoms with E-state index in [9.17, 15) is 5.11 Å². The molecule has 2 heteroatoms. The van der Waals surface area contributed by atoms with Crippen LogP contribution in [0.5, 0.6) is 0 Å². The SMILES string of the molecule is Cc1ccc(C(O)C2CCCC2)c(Cl)c1. The van der Waals surface area contributed by atoms with Gasteiger partial charge < -0.3 is 5.11 Å². The standard InChI is InChI=1S/C13H17ClO/c1-9-6-7-11(12(14)8-9)13(15)10-4-2-3-5-10/h6-8,10,13,15H,2-5H2,1H3. The van der Waals surface area contributed by atoms with Crippen molar-refractivity contribution >= 4 is 11.6 Å². The second-order valence-corrected chi connectivity index (χ2v) is 4.92. The fourth-order valence-corrected chi connectivity index (χ4v) is 2.75. The Kier molecular flexibility index (Phi) is 3.32. The zero-order valence-electron chi connectivity index (χ0n) is 9.04. The normalized spacial score (nSPS) is 19.4. The molecule has 1 aliphatic rings. The van der Waals surface area contributed by atoms with Crippen molar-refractivity contribution in [2.45, 2.75) is 38.7 Å². The molecule has 1 N–H and O–H groups in total. The molecular formula is C13H17ClO. The molecule has 0 bridgehead atoms. The minimum atomic E-state index is -0.374. The van der Waals surface area contributed by atoms with Crippen LogP contribution in [0.25, 0.3) is 0 Å². The molecule has 0 amide bonds. The molecule has 1 aromatic carbocycles. The Morgan fingerprint density at radius 1 is 1.33 bits per heavy atom. The lowest BCUT2D eigenvalue weighted by atomic mass is 9.94. The molecule has 15 heavy (non-hydrogen) atoms. The Morgan fingerprint density at radius 2 is 2.00 bits per heavy atom. The van der Waals surface area contributed by atoms with Crippen LogP contribution in [-0.2, 0) is 0 Å². The van der Waals surface area contributed by atoms with Crippen molar-refractivity contribution in [1.82, 2.24) is 0 Å². The number of aryl methyl sites for hydroxylation is 1. The topological polar surface area (TPSA) is 20.2 Å². The predicted octanol–water partition coefficient (Wildman–Crippen LogP) is 3.87. The number of hydrogen-bond donors (Lipinski definition) is 1. The van der Waals surface area contributed by atoms with E-state index in [2.05, 4.69) is 0 Å². The largest absolute Gasteiger partial charge is 0.388 e. The highest BCUT2D eigenvalue weighted by atomic mass is 35.5. The van der Waals surface area contributed by atoms with Crippen LogP contribution in [0.2, 0.25) is 5.02 Å². The van der Waals surface area contributed by atoms with E-state index >= 15 is 0 Å². The van der Waals surface area contributed by atoms with Gasteiger partial charge in [0.2, 0.25) is 0 Å². The van der Waals surface area contributed by atoms with Gasteiger partial charge in [0.1, 0.15) is 0 Å². The van der Waals surface area contributed by atoms with E-state index < -0.39 is 0 Å². The van der Waals surface area contributed by atoms with Crippen LogP contribution in [-0.4, -0.2) is 5.11 Å². The summed E-state index contributed by atoms with van der Waals surface area (Å²) in [5, 5.41) is 10.9. The molecule has 0 heterocycles. The quantitative estimate of drug-likeness (QED) is 0.809. The van der Waals surface area contributed by atoms with Gasteiger partial charge in [-0.15, -0.1) is 0 Å². The van der Waals surface area contributed by atoms with Crippen molar-refractivity contribution in [2.24, 2.45) is 5.92 Å². The molecule has 1 aromatic rings. The Balaban J connectivity index is 2.20. The van der Waals surface area contributed by atoms with Crippen molar-refractivity contribution in [3.8, 4) is 0 Å². The van der Waals surface area contributed by atoms with Crippen molar-refractivity contribution < 1.29 is 5.11 Å². The first-order chi connectivity index (χ1) is 7.18. The van der Waals surface area contributed by atoms with Gasteiger partial charge in [0.15, 0.2) is 0 Å². The van der Waals surface area contributed by atoms with Gasteiger partial charge in [-0.1, -0.05) is 36.6 Å². The minimum absolute atomic E-state index is 0.374. The third-order valence-electron chi connectivity index (χ3n) is 3.32. The summed E-state index contributed by atoms with van der Waals surface area (Å²) in [6.45, 7) is 2.01. The van der Waals surface area contributed by atoms with Crippen molar-refractivity contribution in [3.05, 3.63) is 34.3 Å². The molecule has 1 aliphatic carbocycles. The average Bonchev–Trinajstić information content (AvgIpc) is 2.69. The first-order valence-corrected chi connectivity index (χ1v) is 6.00. The van der Waals surface area contributed by atoms with Gasteiger partial charge in [-0.05, 0) is 42.9 Å². The molecule has 0 spiro atoms. The van der Waals surface area contributed by atoms with Gasteiger partial charge in [-0.25, -0.2) is 0 Å². The van der Waals surface area contributed by atoms with Gasteiger partial charge >= 0.3 is 0 Å². The number of halogens is 1. The molecule has 0 aromatic heterocycles. The molecule has 82 valence electrons. The zero-order chi connectivity index (χ0) is 10.8. The van der Waals surface area contributed by atoms with Crippen LogP contribution in [0.1, 0.15) is 42.9 Å². The van der Waals surface area contributed by atoms with Gasteiger partial charge in [-0.3, -0.25) is 0 Å². The number of benzene rings is 1. The van der Waals surface area contributed by atoms with Crippen LogP contribution in [0.4, 0.5) is 0 Å². The summed E-state index contributed by atoms with van der Waals surface area (Å²) < 4.78 is 0. The van der Waals surface area contributed by atoms with E-state index in [0.29, 0.717) is 10.9 Å². The Bertz CT molecular complexity index is 342. The molecule has 1 nitrogen and oxygen atoms in total. The summed E-state index contributed by atoms with van der Waals surface area (Å²) in [5.74, 6) is 0.408. The minimum Gasteiger partial charge on any atom is -0.388 e. The van der Waals surface area contributed by atoms with Crippen LogP contribution >= 0.6 is 11.6 Å². The number of hydrogen-bond acceptors (Lipinski definition) is 1. The lowest BCUT2D eigenvalue weighted by molar-refractivity contribution is 0.112. The summed E-state index contributed by atoms with van der Waals surface area (Å²) in [4.78, 5) is 0. The zero-order valence-corrected chi connectivity index (χ0v) is 9.80. The van der Waals surface area contributed by atoms with Crippen LogP contribution < -0.4 is 0 Å². The molecule has 0 radical (unpaired) electrons. The maximum Gasteiger partial charge on any atom is 0.0832 e. The Hall–Kier alpha value is -0.530. The third kappa shape index (κ3) is 2.35. The fraction of sp³-hybridized carbons (Fsp3) is 0.538. The van der Waals surface area contributed by atoms with Gasteiger partial charge in [0.05, 0.1) is 6.10 Å². The van der Waals surface area contributed by atoms with Crippen LogP contribution in [0.3, 0.4) is 0 Å².